The molecule has 1 saturated carbocycles. The molecule has 0 aromatic heterocycles. The third kappa shape index (κ3) is 3.78. The summed E-state index contributed by atoms with van der Waals surface area (Å²) in [6.45, 7) is 10.2. The van der Waals surface area contributed by atoms with Crippen LogP contribution < -0.4 is 5.32 Å². The fourth-order valence-corrected chi connectivity index (χ4v) is 3.59. The van der Waals surface area contributed by atoms with E-state index in [1.807, 2.05) is 13.8 Å². The second-order valence-electron chi connectivity index (χ2n) is 8.30. The molecule has 1 aliphatic heterocycles. The van der Waals surface area contributed by atoms with Gasteiger partial charge in [0.05, 0.1) is 12.0 Å². The zero-order chi connectivity index (χ0) is 15.7. The maximum atomic E-state index is 13.0. The molecule has 1 saturated heterocycles. The number of hydrogen-bond donors (Lipinski definition) is 2. The Kier molecular flexibility index (Phi) is 4.99. The molecule has 0 spiro atoms. The Hall–Kier alpha value is -0.610. The van der Waals surface area contributed by atoms with E-state index >= 15 is 0 Å². The standard InChI is InChI=1S/C17H32N2O2/c1-16(2)8-5-13(6-9-16)19(14-7-10-18-11-14)15(21)17(3,4)12-20/h13-14,18,20H,5-12H2,1-4H3/t14-/m0/s1. The first kappa shape index (κ1) is 16.8. The lowest BCUT2D eigenvalue weighted by molar-refractivity contribution is -0.148. The van der Waals surface area contributed by atoms with Gasteiger partial charge >= 0.3 is 0 Å². The molecule has 1 heterocycles. The summed E-state index contributed by atoms with van der Waals surface area (Å²) in [6, 6.07) is 0.649. The van der Waals surface area contributed by atoms with Crippen LogP contribution in [0.15, 0.2) is 0 Å². The maximum absolute atomic E-state index is 13.0. The Morgan fingerprint density at radius 1 is 1.24 bits per heavy atom. The second-order valence-corrected chi connectivity index (χ2v) is 8.30. The Balaban J connectivity index is 2.15. The monoisotopic (exact) mass is 296 g/mol. The number of carbonyl (C=O) groups is 1. The first-order chi connectivity index (χ1) is 9.77. The number of aliphatic hydroxyl groups is 1. The summed E-state index contributed by atoms with van der Waals surface area (Å²) in [5.41, 5.74) is -0.263. The summed E-state index contributed by atoms with van der Waals surface area (Å²) in [6.07, 6.45) is 5.59. The van der Waals surface area contributed by atoms with E-state index in [-0.39, 0.29) is 12.5 Å². The minimum atomic E-state index is -0.671. The van der Waals surface area contributed by atoms with Crippen molar-refractivity contribution in [2.45, 2.75) is 71.9 Å². The number of carbonyl (C=O) groups excluding carboxylic acids is 1. The van der Waals surface area contributed by atoms with E-state index in [4.69, 9.17) is 0 Å². The van der Waals surface area contributed by atoms with Gasteiger partial charge in [-0.15, -0.1) is 0 Å². The molecule has 2 N–H and O–H groups in total. The van der Waals surface area contributed by atoms with Crippen LogP contribution in [0.2, 0.25) is 0 Å². The number of amides is 1. The molecule has 0 unspecified atom stereocenters. The Labute approximate surface area is 129 Å². The Bertz CT molecular complexity index is 363. The minimum Gasteiger partial charge on any atom is -0.395 e. The van der Waals surface area contributed by atoms with Crippen molar-refractivity contribution in [1.82, 2.24) is 10.2 Å². The molecular weight excluding hydrogens is 264 g/mol. The van der Waals surface area contributed by atoms with E-state index in [9.17, 15) is 9.90 Å². The highest BCUT2D eigenvalue weighted by Gasteiger charge is 2.41. The Morgan fingerprint density at radius 3 is 2.33 bits per heavy atom. The fraction of sp³-hybridized carbons (Fsp3) is 0.941. The summed E-state index contributed by atoms with van der Waals surface area (Å²) in [5.74, 6) is 0.128. The molecule has 0 aromatic carbocycles. The van der Waals surface area contributed by atoms with Crippen molar-refractivity contribution in [1.29, 1.82) is 0 Å². The molecule has 2 aliphatic rings. The van der Waals surface area contributed by atoms with Gasteiger partial charge in [0.2, 0.25) is 5.91 Å². The largest absolute Gasteiger partial charge is 0.395 e. The van der Waals surface area contributed by atoms with Gasteiger partial charge in [-0.05, 0) is 57.9 Å². The van der Waals surface area contributed by atoms with Crippen molar-refractivity contribution in [3.8, 4) is 0 Å². The molecule has 0 bridgehead atoms. The Morgan fingerprint density at radius 2 is 1.86 bits per heavy atom. The minimum absolute atomic E-state index is 0.0826. The molecule has 1 amide bonds. The lowest BCUT2D eigenvalue weighted by Crippen LogP contribution is -2.54. The van der Waals surface area contributed by atoms with Gasteiger partial charge in [-0.3, -0.25) is 4.79 Å². The average molecular weight is 296 g/mol. The molecule has 122 valence electrons. The highest BCUT2D eigenvalue weighted by molar-refractivity contribution is 5.82. The fourth-order valence-electron chi connectivity index (χ4n) is 3.59. The number of aliphatic hydroxyl groups excluding tert-OH is 1. The van der Waals surface area contributed by atoms with Crippen molar-refractivity contribution >= 4 is 5.91 Å². The van der Waals surface area contributed by atoms with E-state index in [1.54, 1.807) is 0 Å². The summed E-state index contributed by atoms with van der Waals surface area (Å²) >= 11 is 0. The van der Waals surface area contributed by atoms with Crippen molar-refractivity contribution < 1.29 is 9.90 Å². The lowest BCUT2D eigenvalue weighted by Gasteiger charge is -2.45. The van der Waals surface area contributed by atoms with Gasteiger partial charge in [-0.25, -0.2) is 0 Å². The molecule has 2 fully saturated rings. The molecule has 1 atom stereocenters. The van der Waals surface area contributed by atoms with E-state index in [1.165, 1.54) is 12.8 Å². The maximum Gasteiger partial charge on any atom is 0.231 e. The highest BCUT2D eigenvalue weighted by atomic mass is 16.3. The van der Waals surface area contributed by atoms with Gasteiger partial charge in [0.25, 0.3) is 0 Å². The SMILES string of the molecule is CC1(C)CCC(N(C(=O)C(C)(C)CO)[C@H]2CCNC2)CC1. The van der Waals surface area contributed by atoms with Gasteiger partial charge in [0, 0.05) is 18.6 Å². The topological polar surface area (TPSA) is 52.6 Å². The third-order valence-electron chi connectivity index (χ3n) is 5.34. The van der Waals surface area contributed by atoms with Gasteiger partial charge in [-0.2, -0.15) is 0 Å². The molecule has 4 nitrogen and oxygen atoms in total. The van der Waals surface area contributed by atoms with E-state index in [0.717, 1.165) is 32.4 Å². The first-order valence-electron chi connectivity index (χ1n) is 8.41. The quantitative estimate of drug-likeness (QED) is 0.836. The zero-order valence-corrected chi connectivity index (χ0v) is 14.1. The predicted molar refractivity (Wildman–Crippen MR) is 85.0 cm³/mol. The molecule has 4 heteroatoms. The molecule has 0 aromatic rings. The summed E-state index contributed by atoms with van der Waals surface area (Å²) in [5, 5.41) is 13.0. The molecule has 0 radical (unpaired) electrons. The van der Waals surface area contributed by atoms with Gasteiger partial charge in [0.15, 0.2) is 0 Å². The number of hydrogen-bond acceptors (Lipinski definition) is 3. The predicted octanol–water partition coefficient (Wildman–Crippen LogP) is 2.16. The van der Waals surface area contributed by atoms with Crippen LogP contribution in [0, 0.1) is 10.8 Å². The smallest absolute Gasteiger partial charge is 0.231 e. The number of rotatable bonds is 4. The van der Waals surface area contributed by atoms with Gasteiger partial charge in [0.1, 0.15) is 0 Å². The van der Waals surface area contributed by atoms with Gasteiger partial charge in [-0.1, -0.05) is 13.8 Å². The normalized spacial score (nSPS) is 26.8. The van der Waals surface area contributed by atoms with Crippen molar-refractivity contribution in [3.63, 3.8) is 0 Å². The zero-order valence-electron chi connectivity index (χ0n) is 14.1. The van der Waals surface area contributed by atoms with Crippen LogP contribution >= 0.6 is 0 Å². The lowest BCUT2D eigenvalue weighted by atomic mass is 9.74. The van der Waals surface area contributed by atoms with E-state index < -0.39 is 5.41 Å². The summed E-state index contributed by atoms with van der Waals surface area (Å²) in [7, 11) is 0. The average Bonchev–Trinajstić information content (AvgIpc) is 2.94. The van der Waals surface area contributed by atoms with Crippen LogP contribution in [0.1, 0.15) is 59.8 Å². The molecule has 21 heavy (non-hydrogen) atoms. The van der Waals surface area contributed by atoms with Crippen LogP contribution in [0.3, 0.4) is 0 Å². The molecular formula is C17H32N2O2. The van der Waals surface area contributed by atoms with Crippen molar-refractivity contribution in [3.05, 3.63) is 0 Å². The van der Waals surface area contributed by atoms with Crippen LogP contribution in [0.5, 0.6) is 0 Å². The molecule has 2 rings (SSSR count). The second kappa shape index (κ2) is 6.25. The number of nitrogens with zero attached hydrogens (tertiary/aromatic N) is 1. The third-order valence-corrected chi connectivity index (χ3v) is 5.34. The summed E-state index contributed by atoms with van der Waals surface area (Å²) < 4.78 is 0. The highest BCUT2D eigenvalue weighted by Crippen LogP contribution is 2.39. The summed E-state index contributed by atoms with van der Waals surface area (Å²) in [4.78, 5) is 15.1. The van der Waals surface area contributed by atoms with Crippen molar-refractivity contribution in [2.24, 2.45) is 10.8 Å². The van der Waals surface area contributed by atoms with Crippen LogP contribution in [-0.4, -0.2) is 47.7 Å². The van der Waals surface area contributed by atoms with Crippen molar-refractivity contribution in [2.75, 3.05) is 19.7 Å². The van der Waals surface area contributed by atoms with Crippen LogP contribution in [-0.2, 0) is 4.79 Å². The molecule has 1 aliphatic carbocycles. The first-order valence-corrected chi connectivity index (χ1v) is 8.41. The van der Waals surface area contributed by atoms with E-state index in [0.29, 0.717) is 17.5 Å². The van der Waals surface area contributed by atoms with E-state index in [2.05, 4.69) is 24.1 Å². The van der Waals surface area contributed by atoms with Crippen LogP contribution in [0.4, 0.5) is 0 Å². The number of nitrogens with one attached hydrogen (secondary N) is 1. The van der Waals surface area contributed by atoms with Gasteiger partial charge < -0.3 is 15.3 Å². The van der Waals surface area contributed by atoms with Crippen LogP contribution in [0.25, 0.3) is 0 Å².